The van der Waals surface area contributed by atoms with Crippen molar-refractivity contribution in [2.24, 2.45) is 0 Å². The van der Waals surface area contributed by atoms with Gasteiger partial charge in [-0.1, -0.05) is 0 Å². The number of ether oxygens (including phenoxy) is 2. The molecule has 0 saturated carbocycles. The molecule has 0 spiro atoms. The fourth-order valence-electron chi connectivity index (χ4n) is 1.88. The van der Waals surface area contributed by atoms with Crippen molar-refractivity contribution in [1.29, 1.82) is 0 Å². The predicted molar refractivity (Wildman–Crippen MR) is 65.8 cm³/mol. The van der Waals surface area contributed by atoms with Gasteiger partial charge < -0.3 is 24.2 Å². The van der Waals surface area contributed by atoms with E-state index in [9.17, 15) is 0 Å². The van der Waals surface area contributed by atoms with Gasteiger partial charge in [-0.25, -0.2) is 0 Å². The summed E-state index contributed by atoms with van der Waals surface area (Å²) >= 11 is 0. The van der Waals surface area contributed by atoms with E-state index in [0.717, 1.165) is 13.1 Å². The number of hydrogen-bond donors (Lipinski definition) is 1. The van der Waals surface area contributed by atoms with Crippen molar-refractivity contribution >= 4 is 5.95 Å². The molecule has 1 aromatic heterocycles. The van der Waals surface area contributed by atoms with Crippen molar-refractivity contribution in [3.63, 3.8) is 0 Å². The Bertz CT molecular complexity index is 352. The zero-order valence-corrected chi connectivity index (χ0v) is 10.9. The van der Waals surface area contributed by atoms with Crippen LogP contribution in [0.2, 0.25) is 0 Å². The summed E-state index contributed by atoms with van der Waals surface area (Å²) in [7, 11) is 3.57. The number of rotatable bonds is 6. The second-order valence-electron chi connectivity index (χ2n) is 4.23. The third kappa shape index (κ3) is 3.41. The molecule has 102 valence electrons. The molecule has 1 N–H and O–H groups in total. The molecule has 1 aliphatic rings. The normalized spacial score (nSPS) is 18.0. The summed E-state index contributed by atoms with van der Waals surface area (Å²) in [5.41, 5.74) is 0. The molecule has 1 saturated heterocycles. The molecule has 1 unspecified atom stereocenters. The standard InChI is InChI=1S/C11H20N4O3/c1-12-9(8-16-2)7-10-13-11(14-18-10)15-3-5-17-6-4-15/h9,12H,3-8H2,1-2H3. The average Bonchev–Trinajstić information content (AvgIpc) is 2.88. The molecule has 0 amide bonds. The highest BCUT2D eigenvalue weighted by Crippen LogP contribution is 2.12. The fourth-order valence-corrected chi connectivity index (χ4v) is 1.88. The number of hydrogen-bond acceptors (Lipinski definition) is 7. The smallest absolute Gasteiger partial charge is 0.266 e. The molecule has 1 aromatic rings. The summed E-state index contributed by atoms with van der Waals surface area (Å²) in [4.78, 5) is 6.47. The molecular weight excluding hydrogens is 236 g/mol. The lowest BCUT2D eigenvalue weighted by Crippen LogP contribution is -2.37. The summed E-state index contributed by atoms with van der Waals surface area (Å²) in [6, 6.07) is 0.188. The Labute approximate surface area is 106 Å². The minimum atomic E-state index is 0.188. The van der Waals surface area contributed by atoms with Crippen LogP contribution in [0.4, 0.5) is 5.95 Å². The molecule has 0 aliphatic carbocycles. The van der Waals surface area contributed by atoms with Gasteiger partial charge in [-0.05, 0) is 12.2 Å². The highest BCUT2D eigenvalue weighted by molar-refractivity contribution is 5.28. The number of aromatic nitrogens is 2. The lowest BCUT2D eigenvalue weighted by atomic mass is 10.2. The molecule has 1 atom stereocenters. The van der Waals surface area contributed by atoms with Gasteiger partial charge in [0.15, 0.2) is 0 Å². The quantitative estimate of drug-likeness (QED) is 0.748. The van der Waals surface area contributed by atoms with E-state index in [1.165, 1.54) is 0 Å². The minimum absolute atomic E-state index is 0.188. The van der Waals surface area contributed by atoms with Crippen LogP contribution < -0.4 is 10.2 Å². The van der Waals surface area contributed by atoms with Crippen molar-refractivity contribution in [3.8, 4) is 0 Å². The van der Waals surface area contributed by atoms with Crippen LogP contribution in [0.1, 0.15) is 5.89 Å². The molecule has 2 heterocycles. The summed E-state index contributed by atoms with van der Waals surface area (Å²) in [6.45, 7) is 3.67. The monoisotopic (exact) mass is 256 g/mol. The van der Waals surface area contributed by atoms with Gasteiger partial charge in [0.05, 0.1) is 19.8 Å². The lowest BCUT2D eigenvalue weighted by Gasteiger charge is -2.24. The van der Waals surface area contributed by atoms with E-state index < -0.39 is 0 Å². The Kier molecular flexibility index (Phi) is 4.91. The zero-order chi connectivity index (χ0) is 12.8. The van der Waals surface area contributed by atoms with Gasteiger partial charge in [0.25, 0.3) is 5.95 Å². The molecule has 7 heteroatoms. The Morgan fingerprint density at radius 3 is 2.89 bits per heavy atom. The van der Waals surface area contributed by atoms with Crippen LogP contribution in [0.3, 0.4) is 0 Å². The van der Waals surface area contributed by atoms with Gasteiger partial charge in [-0.15, -0.1) is 0 Å². The van der Waals surface area contributed by atoms with Gasteiger partial charge in [-0.2, -0.15) is 4.98 Å². The first-order valence-corrected chi connectivity index (χ1v) is 6.15. The highest BCUT2D eigenvalue weighted by Gasteiger charge is 2.18. The van der Waals surface area contributed by atoms with Crippen molar-refractivity contribution in [1.82, 2.24) is 15.5 Å². The van der Waals surface area contributed by atoms with E-state index >= 15 is 0 Å². The number of nitrogens with zero attached hydrogens (tertiary/aromatic N) is 3. The van der Waals surface area contributed by atoms with Crippen molar-refractivity contribution < 1.29 is 14.0 Å². The van der Waals surface area contributed by atoms with Crippen molar-refractivity contribution in [2.75, 3.05) is 52.0 Å². The van der Waals surface area contributed by atoms with Crippen molar-refractivity contribution in [2.45, 2.75) is 12.5 Å². The average molecular weight is 256 g/mol. The third-order valence-electron chi connectivity index (χ3n) is 2.95. The number of likely N-dealkylation sites (N-methyl/N-ethyl adjacent to an activating group) is 1. The second-order valence-corrected chi connectivity index (χ2v) is 4.23. The zero-order valence-electron chi connectivity index (χ0n) is 10.9. The SMILES string of the molecule is CNC(COC)Cc1nc(N2CCOCC2)no1. The number of nitrogens with one attached hydrogen (secondary N) is 1. The maximum Gasteiger partial charge on any atom is 0.266 e. The molecule has 0 bridgehead atoms. The van der Waals surface area contributed by atoms with Crippen LogP contribution in [-0.2, 0) is 15.9 Å². The lowest BCUT2D eigenvalue weighted by molar-refractivity contribution is 0.121. The number of methoxy groups -OCH3 is 1. The first-order chi connectivity index (χ1) is 8.83. The van der Waals surface area contributed by atoms with Crippen LogP contribution in [-0.4, -0.2) is 63.3 Å². The maximum absolute atomic E-state index is 5.29. The molecule has 1 fully saturated rings. The number of anilines is 1. The topological polar surface area (TPSA) is 72.7 Å². The number of morpholine rings is 1. The Morgan fingerprint density at radius 1 is 1.44 bits per heavy atom. The molecule has 7 nitrogen and oxygen atoms in total. The molecule has 18 heavy (non-hydrogen) atoms. The van der Waals surface area contributed by atoms with Crippen LogP contribution in [0.5, 0.6) is 0 Å². The predicted octanol–water partition coefficient (Wildman–Crippen LogP) is -0.317. The Hall–Kier alpha value is -1.18. The minimum Gasteiger partial charge on any atom is -0.383 e. The van der Waals surface area contributed by atoms with E-state index in [2.05, 4.69) is 20.4 Å². The summed E-state index contributed by atoms with van der Waals surface area (Å²) in [5, 5.41) is 7.16. The second kappa shape index (κ2) is 6.67. The van der Waals surface area contributed by atoms with Crippen LogP contribution in [0.25, 0.3) is 0 Å². The maximum atomic E-state index is 5.29. The van der Waals surface area contributed by atoms with Crippen LogP contribution >= 0.6 is 0 Å². The molecule has 2 rings (SSSR count). The first-order valence-electron chi connectivity index (χ1n) is 6.15. The third-order valence-corrected chi connectivity index (χ3v) is 2.95. The van der Waals surface area contributed by atoms with E-state index in [0.29, 0.717) is 38.1 Å². The highest BCUT2D eigenvalue weighted by atomic mass is 16.5. The van der Waals surface area contributed by atoms with Gasteiger partial charge in [-0.3, -0.25) is 0 Å². The van der Waals surface area contributed by atoms with Gasteiger partial charge in [0.2, 0.25) is 5.89 Å². The van der Waals surface area contributed by atoms with Crippen molar-refractivity contribution in [3.05, 3.63) is 5.89 Å². The van der Waals surface area contributed by atoms with Gasteiger partial charge in [0, 0.05) is 32.7 Å². The molecular formula is C11H20N4O3. The molecule has 0 aromatic carbocycles. The van der Waals surface area contributed by atoms with Crippen LogP contribution in [0.15, 0.2) is 4.52 Å². The first kappa shape index (κ1) is 13.3. The molecule has 0 radical (unpaired) electrons. The van der Waals surface area contributed by atoms with E-state index in [4.69, 9.17) is 14.0 Å². The summed E-state index contributed by atoms with van der Waals surface area (Å²) in [6.07, 6.45) is 0.668. The summed E-state index contributed by atoms with van der Waals surface area (Å²) in [5.74, 6) is 1.29. The van der Waals surface area contributed by atoms with E-state index in [1.807, 2.05) is 7.05 Å². The van der Waals surface area contributed by atoms with Gasteiger partial charge in [0.1, 0.15) is 0 Å². The largest absolute Gasteiger partial charge is 0.383 e. The van der Waals surface area contributed by atoms with Crippen LogP contribution in [0, 0.1) is 0 Å². The Morgan fingerprint density at radius 2 is 2.22 bits per heavy atom. The van der Waals surface area contributed by atoms with Gasteiger partial charge >= 0.3 is 0 Å². The van der Waals surface area contributed by atoms with E-state index in [-0.39, 0.29) is 6.04 Å². The van der Waals surface area contributed by atoms with E-state index in [1.54, 1.807) is 7.11 Å². The Balaban J connectivity index is 1.92. The molecule has 1 aliphatic heterocycles. The fraction of sp³-hybridized carbons (Fsp3) is 0.818. The summed E-state index contributed by atoms with van der Waals surface area (Å²) < 4.78 is 15.7.